The summed E-state index contributed by atoms with van der Waals surface area (Å²) in [5.41, 5.74) is 5.67. The van der Waals surface area contributed by atoms with Crippen molar-refractivity contribution in [1.82, 2.24) is 0 Å². The van der Waals surface area contributed by atoms with Gasteiger partial charge in [0.15, 0.2) is 6.07 Å². The molecule has 0 aliphatic heterocycles. The minimum atomic E-state index is -1.19. The van der Waals surface area contributed by atoms with Crippen LogP contribution in [0.3, 0.4) is 0 Å². The highest BCUT2D eigenvalue weighted by molar-refractivity contribution is 6.31. The molecule has 0 amide bonds. The third-order valence-electron chi connectivity index (χ3n) is 1.63. The Morgan fingerprint density at radius 2 is 2.20 bits per heavy atom. The van der Waals surface area contributed by atoms with Crippen molar-refractivity contribution in [3.8, 4) is 17.9 Å². The van der Waals surface area contributed by atoms with Crippen LogP contribution in [0.1, 0.15) is 15.9 Å². The Labute approximate surface area is 90.9 Å². The molecule has 0 aliphatic rings. The van der Waals surface area contributed by atoms with E-state index in [0.717, 1.165) is 0 Å². The molecule has 0 radical (unpaired) electrons. The highest BCUT2D eigenvalue weighted by atomic mass is 35.5. The molecular formula is C10H5ClN2O2. The molecule has 0 bridgehead atoms. The van der Waals surface area contributed by atoms with Crippen molar-refractivity contribution < 1.29 is 9.90 Å². The Balaban J connectivity index is 3.42. The summed E-state index contributed by atoms with van der Waals surface area (Å²) in [5, 5.41) is 17.3. The number of carboxylic acid groups (broad SMARTS) is 1. The number of anilines is 1. The molecule has 0 saturated heterocycles. The van der Waals surface area contributed by atoms with Gasteiger partial charge in [0, 0.05) is 10.9 Å². The van der Waals surface area contributed by atoms with Crippen molar-refractivity contribution in [2.24, 2.45) is 0 Å². The Morgan fingerprint density at radius 1 is 1.53 bits per heavy atom. The zero-order valence-electron chi connectivity index (χ0n) is 7.41. The van der Waals surface area contributed by atoms with Crippen LogP contribution in [0.2, 0.25) is 5.02 Å². The smallest absolute Gasteiger partial charge is 0.337 e. The molecule has 74 valence electrons. The maximum atomic E-state index is 10.7. The zero-order chi connectivity index (χ0) is 11.4. The number of rotatable bonds is 1. The molecule has 5 heteroatoms. The van der Waals surface area contributed by atoms with E-state index in [1.807, 2.05) is 0 Å². The molecule has 0 saturated carbocycles. The molecule has 0 aromatic heterocycles. The van der Waals surface area contributed by atoms with Crippen LogP contribution in [0.5, 0.6) is 0 Å². The monoisotopic (exact) mass is 220 g/mol. The van der Waals surface area contributed by atoms with Crippen molar-refractivity contribution in [2.45, 2.75) is 0 Å². The number of hydrogen-bond donors (Lipinski definition) is 2. The molecule has 0 aliphatic carbocycles. The van der Waals surface area contributed by atoms with Crippen LogP contribution in [0.15, 0.2) is 12.1 Å². The van der Waals surface area contributed by atoms with E-state index in [0.29, 0.717) is 0 Å². The molecular weight excluding hydrogens is 216 g/mol. The van der Waals surface area contributed by atoms with Gasteiger partial charge >= 0.3 is 5.97 Å². The van der Waals surface area contributed by atoms with E-state index < -0.39 is 5.97 Å². The third-order valence-corrected chi connectivity index (χ3v) is 1.85. The van der Waals surface area contributed by atoms with Crippen molar-refractivity contribution in [3.05, 3.63) is 28.3 Å². The summed E-state index contributed by atoms with van der Waals surface area (Å²) >= 11 is 5.68. The van der Waals surface area contributed by atoms with Crippen LogP contribution in [-0.4, -0.2) is 11.1 Å². The average molecular weight is 221 g/mol. The number of nitrogen functional groups attached to an aromatic ring is 1. The highest BCUT2D eigenvalue weighted by Gasteiger charge is 2.11. The van der Waals surface area contributed by atoms with E-state index >= 15 is 0 Å². The SMILES string of the molecule is N#CC#Cc1cc(Cl)cc(C(=O)O)c1N. The Bertz CT molecular complexity index is 521. The molecule has 0 unspecified atom stereocenters. The van der Waals surface area contributed by atoms with Crippen LogP contribution in [0.4, 0.5) is 5.69 Å². The molecule has 1 rings (SSSR count). The van der Waals surface area contributed by atoms with E-state index in [2.05, 4.69) is 11.8 Å². The number of hydrogen-bond acceptors (Lipinski definition) is 3. The number of aromatic carboxylic acids is 1. The zero-order valence-corrected chi connectivity index (χ0v) is 8.17. The van der Waals surface area contributed by atoms with E-state index in [9.17, 15) is 4.79 Å². The first-order chi connectivity index (χ1) is 7.06. The second-order valence-corrected chi connectivity index (χ2v) is 3.02. The Kier molecular flexibility index (Phi) is 3.17. The standard InChI is InChI=1S/C10H5ClN2O2/c11-7-4-6(2-1-3-12)9(13)8(5-7)10(14)15/h4-5H,13H2,(H,14,15). The topological polar surface area (TPSA) is 87.1 Å². The van der Waals surface area contributed by atoms with Gasteiger partial charge in [0.1, 0.15) is 0 Å². The first-order valence-electron chi connectivity index (χ1n) is 3.78. The van der Waals surface area contributed by atoms with Gasteiger partial charge < -0.3 is 10.8 Å². The van der Waals surface area contributed by atoms with Crippen LogP contribution in [-0.2, 0) is 0 Å². The Hall–Kier alpha value is -2.17. The summed E-state index contributed by atoms with van der Waals surface area (Å²) in [6, 6.07) is 4.25. The summed E-state index contributed by atoms with van der Waals surface area (Å²) in [7, 11) is 0. The van der Waals surface area contributed by atoms with Crippen molar-refractivity contribution in [2.75, 3.05) is 5.73 Å². The van der Waals surface area contributed by atoms with Gasteiger partial charge in [-0.3, -0.25) is 0 Å². The predicted molar refractivity (Wildman–Crippen MR) is 55.3 cm³/mol. The molecule has 3 N–H and O–H groups in total. The van der Waals surface area contributed by atoms with E-state index in [1.165, 1.54) is 12.1 Å². The second kappa shape index (κ2) is 4.36. The summed E-state index contributed by atoms with van der Waals surface area (Å²) in [6.07, 6.45) is 0. The average Bonchev–Trinajstić information content (AvgIpc) is 2.18. The summed E-state index contributed by atoms with van der Waals surface area (Å²) in [5.74, 6) is 3.35. The molecule has 15 heavy (non-hydrogen) atoms. The summed E-state index contributed by atoms with van der Waals surface area (Å²) < 4.78 is 0. The number of nitriles is 1. The first kappa shape index (κ1) is 10.9. The number of nitrogens with two attached hydrogens (primary N) is 1. The molecule has 0 fully saturated rings. The largest absolute Gasteiger partial charge is 0.478 e. The first-order valence-corrected chi connectivity index (χ1v) is 4.16. The van der Waals surface area contributed by atoms with E-state index in [-0.39, 0.29) is 21.8 Å². The number of halogens is 1. The van der Waals surface area contributed by atoms with Crippen molar-refractivity contribution >= 4 is 23.3 Å². The molecule has 0 atom stereocenters. The molecule has 0 spiro atoms. The van der Waals surface area contributed by atoms with Crippen LogP contribution < -0.4 is 5.73 Å². The minimum Gasteiger partial charge on any atom is -0.478 e. The van der Waals surface area contributed by atoms with Gasteiger partial charge in [-0.2, -0.15) is 5.26 Å². The lowest BCUT2D eigenvalue weighted by Crippen LogP contribution is -2.04. The van der Waals surface area contributed by atoms with Crippen LogP contribution in [0.25, 0.3) is 0 Å². The van der Waals surface area contributed by atoms with Gasteiger partial charge in [-0.05, 0) is 18.1 Å². The number of carboxylic acids is 1. The maximum Gasteiger partial charge on any atom is 0.337 e. The lowest BCUT2D eigenvalue weighted by atomic mass is 10.1. The molecule has 4 nitrogen and oxygen atoms in total. The van der Waals surface area contributed by atoms with E-state index in [4.69, 9.17) is 27.7 Å². The van der Waals surface area contributed by atoms with E-state index in [1.54, 1.807) is 6.07 Å². The summed E-state index contributed by atoms with van der Waals surface area (Å²) in [4.78, 5) is 10.7. The quantitative estimate of drug-likeness (QED) is 0.555. The fourth-order valence-electron chi connectivity index (χ4n) is 0.994. The lowest BCUT2D eigenvalue weighted by molar-refractivity contribution is 0.0698. The van der Waals surface area contributed by atoms with Gasteiger partial charge in [-0.15, -0.1) is 0 Å². The van der Waals surface area contributed by atoms with Crippen LogP contribution >= 0.6 is 11.6 Å². The molecule has 0 heterocycles. The number of benzene rings is 1. The van der Waals surface area contributed by atoms with Gasteiger partial charge in [-0.1, -0.05) is 11.6 Å². The third kappa shape index (κ3) is 2.40. The lowest BCUT2D eigenvalue weighted by Gasteiger charge is -2.03. The second-order valence-electron chi connectivity index (χ2n) is 2.58. The fraction of sp³-hybridized carbons (Fsp3) is 0. The number of carbonyl (C=O) groups is 1. The normalized spacial score (nSPS) is 8.53. The minimum absolute atomic E-state index is 0.00894. The predicted octanol–water partition coefficient (Wildman–Crippen LogP) is 1.50. The maximum absolute atomic E-state index is 10.7. The number of nitrogens with zero attached hydrogens (tertiary/aromatic N) is 1. The summed E-state index contributed by atoms with van der Waals surface area (Å²) in [6.45, 7) is 0. The van der Waals surface area contributed by atoms with Gasteiger partial charge in [0.2, 0.25) is 0 Å². The van der Waals surface area contributed by atoms with Crippen molar-refractivity contribution in [3.63, 3.8) is 0 Å². The van der Waals surface area contributed by atoms with Gasteiger partial charge in [0.25, 0.3) is 0 Å². The molecule has 1 aromatic rings. The van der Waals surface area contributed by atoms with Gasteiger partial charge in [-0.25, -0.2) is 4.79 Å². The van der Waals surface area contributed by atoms with Crippen LogP contribution in [0, 0.1) is 23.2 Å². The fourth-order valence-corrected chi connectivity index (χ4v) is 1.21. The molecule has 1 aromatic carbocycles. The van der Waals surface area contributed by atoms with Crippen molar-refractivity contribution in [1.29, 1.82) is 5.26 Å². The Morgan fingerprint density at radius 3 is 2.73 bits per heavy atom. The highest BCUT2D eigenvalue weighted by Crippen LogP contribution is 2.22. The van der Waals surface area contributed by atoms with Gasteiger partial charge in [0.05, 0.1) is 16.8 Å².